The van der Waals surface area contributed by atoms with Gasteiger partial charge in [0, 0.05) is 36.3 Å². The third-order valence-corrected chi connectivity index (χ3v) is 6.49. The minimum atomic E-state index is 0.425. The molecule has 1 saturated heterocycles. The molecule has 4 N–H and O–H groups in total. The largest absolute Gasteiger partial charge is 0.384 e. The third-order valence-electron chi connectivity index (χ3n) is 4.77. The standard InChI is InChI=1S/C21H20Cl2N6S/c1-3-4-16-19(20(24)29-17-5-11(2)26-10-27-17)30-21(28-16)18-14(22)6-12(7-15(18)23)13-8-25-9-13/h3-7,10,13,25H,1,8-9,24H2,2H3,(H,26,27,29)/b16-4+,20-19-. The number of hydrogen-bond donors (Lipinski definition) is 3. The highest BCUT2D eigenvalue weighted by Crippen LogP contribution is 2.38. The van der Waals surface area contributed by atoms with Crippen molar-refractivity contribution in [2.45, 2.75) is 12.8 Å². The second-order valence-electron chi connectivity index (χ2n) is 6.93. The fourth-order valence-electron chi connectivity index (χ4n) is 3.13. The Bertz CT molecular complexity index is 1210. The summed E-state index contributed by atoms with van der Waals surface area (Å²) in [5.74, 6) is 1.47. The fourth-order valence-corrected chi connectivity index (χ4v) is 4.96. The quantitative estimate of drug-likeness (QED) is 0.544. The molecular formula is C21H20Cl2N6S. The van der Waals surface area contributed by atoms with Gasteiger partial charge in [-0.1, -0.05) is 35.9 Å². The van der Waals surface area contributed by atoms with Crippen molar-refractivity contribution in [2.75, 3.05) is 18.4 Å². The van der Waals surface area contributed by atoms with Crippen molar-refractivity contribution in [1.82, 2.24) is 20.3 Å². The van der Waals surface area contributed by atoms with Crippen LogP contribution in [-0.2, 0) is 0 Å². The predicted molar refractivity (Wildman–Crippen MR) is 125 cm³/mol. The molecule has 0 atom stereocenters. The summed E-state index contributed by atoms with van der Waals surface area (Å²) in [6.45, 7) is 7.53. The molecule has 0 spiro atoms. The van der Waals surface area contributed by atoms with Crippen LogP contribution in [0.15, 0.2) is 37.2 Å². The highest BCUT2D eigenvalue weighted by atomic mass is 35.5. The Labute approximate surface area is 188 Å². The second kappa shape index (κ2) is 8.73. The van der Waals surface area contributed by atoms with Crippen molar-refractivity contribution in [3.63, 3.8) is 0 Å². The van der Waals surface area contributed by atoms with E-state index in [1.165, 1.54) is 17.7 Å². The zero-order chi connectivity index (χ0) is 21.3. The Balaban J connectivity index is 1.80. The zero-order valence-corrected chi connectivity index (χ0v) is 18.6. The summed E-state index contributed by atoms with van der Waals surface area (Å²) < 4.78 is 0.751. The summed E-state index contributed by atoms with van der Waals surface area (Å²) in [4.78, 5) is 13.0. The summed E-state index contributed by atoms with van der Waals surface area (Å²) in [7, 11) is 0. The van der Waals surface area contributed by atoms with E-state index in [2.05, 4.69) is 27.2 Å². The number of anilines is 1. The maximum atomic E-state index is 6.62. The van der Waals surface area contributed by atoms with E-state index < -0.39 is 0 Å². The van der Waals surface area contributed by atoms with Gasteiger partial charge in [0.05, 0.1) is 19.9 Å². The van der Waals surface area contributed by atoms with E-state index in [9.17, 15) is 0 Å². The summed E-state index contributed by atoms with van der Waals surface area (Å²) in [5, 5.41) is 8.90. The van der Waals surface area contributed by atoms with E-state index in [-0.39, 0.29) is 0 Å². The first-order chi connectivity index (χ1) is 14.5. The van der Waals surface area contributed by atoms with Crippen LogP contribution < -0.4 is 26.2 Å². The van der Waals surface area contributed by atoms with Gasteiger partial charge in [-0.15, -0.1) is 11.3 Å². The molecular weight excluding hydrogens is 439 g/mol. The van der Waals surface area contributed by atoms with Gasteiger partial charge in [-0.3, -0.25) is 0 Å². The molecule has 0 amide bonds. The molecule has 1 aliphatic rings. The maximum Gasteiger partial charge on any atom is 0.135 e. The first-order valence-corrected chi connectivity index (χ1v) is 10.9. The van der Waals surface area contributed by atoms with Gasteiger partial charge in [0.1, 0.15) is 23.0 Å². The maximum absolute atomic E-state index is 6.62. The fraction of sp³-hybridized carbons (Fsp3) is 0.190. The SMILES string of the molecule is C=C/C=c1/nc(-c2c(Cl)cc(C3CNC3)cc2Cl)s/c1=C(/N)Nc1cc(C)ncn1. The summed E-state index contributed by atoms with van der Waals surface area (Å²) >= 11 is 14.6. The monoisotopic (exact) mass is 458 g/mol. The van der Waals surface area contributed by atoms with Crippen molar-refractivity contribution in [2.24, 2.45) is 5.73 Å². The van der Waals surface area contributed by atoms with Crippen LogP contribution >= 0.6 is 34.5 Å². The average molecular weight is 459 g/mol. The van der Waals surface area contributed by atoms with Crippen LogP contribution in [0, 0.1) is 6.92 Å². The number of thiazole rings is 1. The molecule has 6 nitrogen and oxygen atoms in total. The number of nitrogens with two attached hydrogens (primary N) is 1. The number of rotatable bonds is 5. The number of nitrogens with zero attached hydrogens (tertiary/aromatic N) is 3. The van der Waals surface area contributed by atoms with E-state index >= 15 is 0 Å². The highest BCUT2D eigenvalue weighted by Gasteiger charge is 2.22. The number of hydrogen-bond acceptors (Lipinski definition) is 7. The minimum absolute atomic E-state index is 0.425. The van der Waals surface area contributed by atoms with Crippen molar-refractivity contribution in [3.05, 3.63) is 68.4 Å². The molecule has 4 rings (SSSR count). The van der Waals surface area contributed by atoms with Crippen LogP contribution in [0.25, 0.3) is 22.5 Å². The van der Waals surface area contributed by atoms with Crippen LogP contribution in [0.2, 0.25) is 10.0 Å². The third kappa shape index (κ3) is 4.20. The first kappa shape index (κ1) is 20.8. The molecule has 9 heteroatoms. The molecule has 2 aromatic heterocycles. The van der Waals surface area contributed by atoms with Gasteiger partial charge < -0.3 is 16.4 Å². The zero-order valence-electron chi connectivity index (χ0n) is 16.2. The molecule has 1 aliphatic heterocycles. The van der Waals surface area contributed by atoms with Crippen molar-refractivity contribution in [3.8, 4) is 10.6 Å². The van der Waals surface area contributed by atoms with E-state index in [0.717, 1.165) is 28.9 Å². The molecule has 1 aromatic carbocycles. The minimum Gasteiger partial charge on any atom is -0.384 e. The van der Waals surface area contributed by atoms with Gasteiger partial charge in [0.2, 0.25) is 0 Å². The number of nitrogens with one attached hydrogen (secondary N) is 2. The lowest BCUT2D eigenvalue weighted by Crippen LogP contribution is -2.39. The highest BCUT2D eigenvalue weighted by molar-refractivity contribution is 7.13. The molecule has 0 bridgehead atoms. The number of benzene rings is 1. The molecule has 0 unspecified atom stereocenters. The number of allylic oxidation sites excluding steroid dienone is 1. The van der Waals surface area contributed by atoms with Crippen molar-refractivity contribution < 1.29 is 0 Å². The van der Waals surface area contributed by atoms with Crippen LogP contribution in [0.4, 0.5) is 5.82 Å². The topological polar surface area (TPSA) is 88.8 Å². The van der Waals surface area contributed by atoms with Crippen LogP contribution in [0.3, 0.4) is 0 Å². The first-order valence-electron chi connectivity index (χ1n) is 9.31. The Morgan fingerprint density at radius 2 is 2.00 bits per heavy atom. The van der Waals surface area contributed by atoms with Crippen LogP contribution in [0.1, 0.15) is 17.2 Å². The van der Waals surface area contributed by atoms with Gasteiger partial charge in [0.25, 0.3) is 0 Å². The molecule has 154 valence electrons. The molecule has 3 aromatic rings. The lowest BCUT2D eigenvalue weighted by atomic mass is 9.93. The van der Waals surface area contributed by atoms with E-state index in [0.29, 0.717) is 43.5 Å². The van der Waals surface area contributed by atoms with Crippen molar-refractivity contribution in [1.29, 1.82) is 0 Å². The van der Waals surface area contributed by atoms with Crippen LogP contribution in [-0.4, -0.2) is 28.0 Å². The molecule has 0 aliphatic carbocycles. The normalized spacial score (nSPS) is 15.6. The molecule has 3 heterocycles. The lowest BCUT2D eigenvalue weighted by Gasteiger charge is -2.28. The molecule has 1 fully saturated rings. The molecule has 30 heavy (non-hydrogen) atoms. The number of halogens is 2. The number of aromatic nitrogens is 3. The van der Waals surface area contributed by atoms with Gasteiger partial charge in [-0.05, 0) is 30.7 Å². The second-order valence-corrected chi connectivity index (χ2v) is 8.75. The average Bonchev–Trinajstić information content (AvgIpc) is 3.03. The van der Waals surface area contributed by atoms with E-state index in [1.807, 2.05) is 25.1 Å². The molecule has 0 saturated carbocycles. The number of aryl methyl sites for hydroxylation is 1. The Morgan fingerprint density at radius 1 is 1.27 bits per heavy atom. The summed E-state index contributed by atoms with van der Waals surface area (Å²) in [6, 6.07) is 5.76. The lowest BCUT2D eigenvalue weighted by molar-refractivity contribution is 0.448. The van der Waals surface area contributed by atoms with E-state index in [1.54, 1.807) is 12.2 Å². The predicted octanol–water partition coefficient (Wildman–Crippen LogP) is 3.01. The Morgan fingerprint density at radius 3 is 2.60 bits per heavy atom. The smallest absolute Gasteiger partial charge is 0.135 e. The molecule has 0 radical (unpaired) electrons. The van der Waals surface area contributed by atoms with Crippen molar-refractivity contribution >= 4 is 52.3 Å². The Kier molecular flexibility index (Phi) is 6.06. The summed E-state index contributed by atoms with van der Waals surface area (Å²) in [6.07, 6.45) is 4.95. The van der Waals surface area contributed by atoms with E-state index in [4.69, 9.17) is 33.9 Å². The van der Waals surface area contributed by atoms with Gasteiger partial charge in [-0.2, -0.15) is 0 Å². The summed E-state index contributed by atoms with van der Waals surface area (Å²) in [5.41, 5.74) is 9.03. The Hall–Kier alpha value is -2.45. The van der Waals surface area contributed by atoms with Gasteiger partial charge in [-0.25, -0.2) is 15.0 Å². The van der Waals surface area contributed by atoms with Crippen LogP contribution in [0.5, 0.6) is 0 Å². The van der Waals surface area contributed by atoms with Gasteiger partial charge in [0.15, 0.2) is 0 Å². The van der Waals surface area contributed by atoms with Gasteiger partial charge >= 0.3 is 0 Å².